The molecule has 0 amide bonds. The van der Waals surface area contributed by atoms with Gasteiger partial charge in [-0.1, -0.05) is 30.7 Å². The molecular formula is C12H15ClO2. The number of hydrogen-bond acceptors (Lipinski definition) is 2. The monoisotopic (exact) mass is 226 g/mol. The first-order valence-corrected chi connectivity index (χ1v) is 5.33. The molecule has 2 nitrogen and oxygen atoms in total. The average molecular weight is 227 g/mol. The predicted octanol–water partition coefficient (Wildman–Crippen LogP) is 3.40. The number of carbonyl (C=O) groups excluding carboxylic acids is 1. The smallest absolute Gasteiger partial charge is 0.305 e. The standard InChI is InChI=1S/C12H15ClO2/c1-9(3-8-12(14)15-2)10-4-6-11(13)7-5-10/h4-7,9H,3,8H2,1-2H3. The molecule has 1 rings (SSSR count). The van der Waals surface area contributed by atoms with Crippen molar-refractivity contribution >= 4 is 17.6 Å². The van der Waals surface area contributed by atoms with E-state index in [0.29, 0.717) is 12.3 Å². The van der Waals surface area contributed by atoms with Gasteiger partial charge in [-0.3, -0.25) is 4.79 Å². The molecule has 1 atom stereocenters. The third-order valence-electron chi connectivity index (χ3n) is 2.45. The van der Waals surface area contributed by atoms with Crippen LogP contribution in [0.5, 0.6) is 0 Å². The molecule has 0 bridgehead atoms. The highest BCUT2D eigenvalue weighted by atomic mass is 35.5. The zero-order chi connectivity index (χ0) is 11.3. The van der Waals surface area contributed by atoms with Crippen molar-refractivity contribution in [1.82, 2.24) is 0 Å². The van der Waals surface area contributed by atoms with Crippen LogP contribution in [0.4, 0.5) is 0 Å². The second kappa shape index (κ2) is 5.76. The molecule has 0 spiro atoms. The molecule has 15 heavy (non-hydrogen) atoms. The van der Waals surface area contributed by atoms with Crippen molar-refractivity contribution in [2.75, 3.05) is 7.11 Å². The molecule has 0 fully saturated rings. The van der Waals surface area contributed by atoms with Crippen LogP contribution in [0.2, 0.25) is 5.02 Å². The number of benzene rings is 1. The van der Waals surface area contributed by atoms with Gasteiger partial charge in [0.05, 0.1) is 7.11 Å². The summed E-state index contributed by atoms with van der Waals surface area (Å²) >= 11 is 5.79. The first kappa shape index (κ1) is 12.1. The normalized spacial score (nSPS) is 12.2. The number of halogens is 1. The molecule has 0 aliphatic carbocycles. The SMILES string of the molecule is COC(=O)CCC(C)c1ccc(Cl)cc1. The molecule has 1 aromatic rings. The van der Waals surface area contributed by atoms with Crippen LogP contribution in [0, 0.1) is 0 Å². The molecule has 3 heteroatoms. The third-order valence-corrected chi connectivity index (χ3v) is 2.70. The molecule has 0 radical (unpaired) electrons. The first-order valence-electron chi connectivity index (χ1n) is 4.95. The summed E-state index contributed by atoms with van der Waals surface area (Å²) in [6.07, 6.45) is 1.26. The number of methoxy groups -OCH3 is 1. The van der Waals surface area contributed by atoms with Gasteiger partial charge in [0, 0.05) is 11.4 Å². The number of carbonyl (C=O) groups is 1. The van der Waals surface area contributed by atoms with Gasteiger partial charge >= 0.3 is 5.97 Å². The highest BCUT2D eigenvalue weighted by Crippen LogP contribution is 2.22. The van der Waals surface area contributed by atoms with E-state index in [4.69, 9.17) is 11.6 Å². The summed E-state index contributed by atoms with van der Waals surface area (Å²) in [6, 6.07) is 7.71. The lowest BCUT2D eigenvalue weighted by molar-refractivity contribution is -0.140. The Labute approximate surface area is 95.2 Å². The van der Waals surface area contributed by atoms with E-state index in [0.717, 1.165) is 11.4 Å². The maximum absolute atomic E-state index is 11.0. The molecule has 0 saturated carbocycles. The fourth-order valence-corrected chi connectivity index (χ4v) is 1.52. The van der Waals surface area contributed by atoms with Gasteiger partial charge in [-0.05, 0) is 30.0 Å². The minimum atomic E-state index is -0.157. The molecule has 82 valence electrons. The lowest BCUT2D eigenvalue weighted by Gasteiger charge is -2.10. The summed E-state index contributed by atoms with van der Waals surface area (Å²) in [4.78, 5) is 11.0. The van der Waals surface area contributed by atoms with Gasteiger partial charge in [0.15, 0.2) is 0 Å². The molecule has 0 N–H and O–H groups in total. The quantitative estimate of drug-likeness (QED) is 0.736. The second-order valence-corrected chi connectivity index (χ2v) is 4.00. The lowest BCUT2D eigenvalue weighted by Crippen LogP contribution is -2.03. The summed E-state index contributed by atoms with van der Waals surface area (Å²) in [5.74, 6) is 0.192. The molecule has 0 aliphatic rings. The van der Waals surface area contributed by atoms with E-state index in [2.05, 4.69) is 11.7 Å². The van der Waals surface area contributed by atoms with Gasteiger partial charge in [0.1, 0.15) is 0 Å². The highest BCUT2D eigenvalue weighted by Gasteiger charge is 2.08. The average Bonchev–Trinajstić information content (AvgIpc) is 2.26. The van der Waals surface area contributed by atoms with Crippen molar-refractivity contribution in [3.8, 4) is 0 Å². The third kappa shape index (κ3) is 3.92. The van der Waals surface area contributed by atoms with Gasteiger partial charge in [-0.15, -0.1) is 0 Å². The number of hydrogen-bond donors (Lipinski definition) is 0. The van der Waals surface area contributed by atoms with Gasteiger partial charge in [-0.2, -0.15) is 0 Å². The fraction of sp³-hybridized carbons (Fsp3) is 0.417. The molecule has 0 aliphatic heterocycles. The van der Waals surface area contributed by atoms with E-state index >= 15 is 0 Å². The van der Waals surface area contributed by atoms with Crippen molar-refractivity contribution in [3.05, 3.63) is 34.9 Å². The van der Waals surface area contributed by atoms with E-state index in [1.165, 1.54) is 12.7 Å². The highest BCUT2D eigenvalue weighted by molar-refractivity contribution is 6.30. The van der Waals surface area contributed by atoms with Crippen molar-refractivity contribution in [1.29, 1.82) is 0 Å². The maximum Gasteiger partial charge on any atom is 0.305 e. The zero-order valence-corrected chi connectivity index (χ0v) is 9.75. The van der Waals surface area contributed by atoms with E-state index in [9.17, 15) is 4.79 Å². The summed E-state index contributed by atoms with van der Waals surface area (Å²) in [5, 5.41) is 0.735. The maximum atomic E-state index is 11.0. The topological polar surface area (TPSA) is 26.3 Å². The molecule has 0 saturated heterocycles. The van der Waals surface area contributed by atoms with Crippen LogP contribution in [-0.2, 0) is 9.53 Å². The predicted molar refractivity (Wildman–Crippen MR) is 61.1 cm³/mol. The van der Waals surface area contributed by atoms with E-state index in [1.807, 2.05) is 24.3 Å². The molecule has 1 unspecified atom stereocenters. The van der Waals surface area contributed by atoms with Crippen LogP contribution in [0.3, 0.4) is 0 Å². The van der Waals surface area contributed by atoms with E-state index < -0.39 is 0 Å². The Morgan fingerprint density at radius 3 is 2.53 bits per heavy atom. The van der Waals surface area contributed by atoms with Gasteiger partial charge in [0.2, 0.25) is 0 Å². The van der Waals surface area contributed by atoms with E-state index in [1.54, 1.807) is 0 Å². The summed E-state index contributed by atoms with van der Waals surface area (Å²) in [5.41, 5.74) is 1.20. The van der Waals surface area contributed by atoms with Crippen molar-refractivity contribution in [3.63, 3.8) is 0 Å². The zero-order valence-electron chi connectivity index (χ0n) is 9.00. The van der Waals surface area contributed by atoms with Crippen LogP contribution in [-0.4, -0.2) is 13.1 Å². The minimum Gasteiger partial charge on any atom is -0.469 e. The number of rotatable bonds is 4. The Morgan fingerprint density at radius 1 is 1.40 bits per heavy atom. The van der Waals surface area contributed by atoms with E-state index in [-0.39, 0.29) is 5.97 Å². The Morgan fingerprint density at radius 2 is 2.00 bits per heavy atom. The van der Waals surface area contributed by atoms with Gasteiger partial charge in [0.25, 0.3) is 0 Å². The Hall–Kier alpha value is -1.02. The van der Waals surface area contributed by atoms with Gasteiger partial charge < -0.3 is 4.74 Å². The Kier molecular flexibility index (Phi) is 4.63. The molecule has 1 aromatic carbocycles. The Bertz CT molecular complexity index is 319. The second-order valence-electron chi connectivity index (χ2n) is 3.57. The summed E-state index contributed by atoms with van der Waals surface area (Å²) in [7, 11) is 1.41. The van der Waals surface area contributed by atoms with Crippen molar-refractivity contribution < 1.29 is 9.53 Å². The summed E-state index contributed by atoms with van der Waals surface area (Å²) < 4.78 is 4.60. The molecular weight excluding hydrogens is 212 g/mol. The van der Waals surface area contributed by atoms with Crippen LogP contribution in [0.15, 0.2) is 24.3 Å². The largest absolute Gasteiger partial charge is 0.469 e. The van der Waals surface area contributed by atoms with Crippen LogP contribution < -0.4 is 0 Å². The first-order chi connectivity index (χ1) is 7.13. The van der Waals surface area contributed by atoms with Crippen molar-refractivity contribution in [2.24, 2.45) is 0 Å². The Balaban J connectivity index is 2.50. The van der Waals surface area contributed by atoms with Crippen LogP contribution >= 0.6 is 11.6 Å². The van der Waals surface area contributed by atoms with Crippen molar-refractivity contribution in [2.45, 2.75) is 25.7 Å². The molecule has 0 heterocycles. The number of ether oxygens (including phenoxy) is 1. The fourth-order valence-electron chi connectivity index (χ4n) is 1.39. The minimum absolute atomic E-state index is 0.157. The molecule has 0 aromatic heterocycles. The number of esters is 1. The van der Waals surface area contributed by atoms with Gasteiger partial charge in [-0.25, -0.2) is 0 Å². The summed E-state index contributed by atoms with van der Waals surface area (Å²) in [6.45, 7) is 2.09. The van der Waals surface area contributed by atoms with Crippen LogP contribution in [0.25, 0.3) is 0 Å². The lowest BCUT2D eigenvalue weighted by atomic mass is 9.96. The van der Waals surface area contributed by atoms with Crippen LogP contribution in [0.1, 0.15) is 31.2 Å².